The predicted molar refractivity (Wildman–Crippen MR) is 78.0 cm³/mol. The molecule has 0 bridgehead atoms. The fourth-order valence-corrected chi connectivity index (χ4v) is 1.96. The van der Waals surface area contributed by atoms with Crippen molar-refractivity contribution >= 4 is 16.6 Å². The Morgan fingerprint density at radius 2 is 1.89 bits per heavy atom. The number of fused-ring (bicyclic) bond motifs is 1. The molecule has 0 saturated carbocycles. The number of benzene rings is 1. The lowest BCUT2D eigenvalue weighted by molar-refractivity contribution is 1.03. The monoisotopic (exact) mass is 249 g/mol. The minimum absolute atomic E-state index is 0.709. The number of pyridine rings is 2. The molecule has 2 heterocycles. The SMILES string of the molecule is Cc1ccc(CNc2cnc3ccccc3c2)nc1. The lowest BCUT2D eigenvalue weighted by Crippen LogP contribution is -2.01. The molecule has 19 heavy (non-hydrogen) atoms. The van der Waals surface area contributed by atoms with Gasteiger partial charge in [0, 0.05) is 11.6 Å². The number of rotatable bonds is 3. The first kappa shape index (κ1) is 11.7. The molecule has 0 saturated heterocycles. The van der Waals surface area contributed by atoms with E-state index in [0.29, 0.717) is 6.54 Å². The average molecular weight is 249 g/mol. The van der Waals surface area contributed by atoms with Crippen molar-refractivity contribution in [1.82, 2.24) is 9.97 Å². The Hall–Kier alpha value is -2.42. The van der Waals surface area contributed by atoms with E-state index in [2.05, 4.69) is 33.5 Å². The van der Waals surface area contributed by atoms with Crippen LogP contribution in [0.3, 0.4) is 0 Å². The third-order valence-corrected chi connectivity index (χ3v) is 3.04. The van der Waals surface area contributed by atoms with Crippen molar-refractivity contribution in [1.29, 1.82) is 0 Å². The number of aryl methyl sites for hydroxylation is 1. The van der Waals surface area contributed by atoms with Gasteiger partial charge in [-0.2, -0.15) is 0 Å². The molecular formula is C16H15N3. The number of hydrogen-bond acceptors (Lipinski definition) is 3. The van der Waals surface area contributed by atoms with E-state index < -0.39 is 0 Å². The third kappa shape index (κ3) is 2.71. The van der Waals surface area contributed by atoms with Gasteiger partial charge in [0.05, 0.1) is 29.6 Å². The molecule has 1 aromatic carbocycles. The van der Waals surface area contributed by atoms with Crippen LogP contribution < -0.4 is 5.32 Å². The molecule has 0 unspecified atom stereocenters. The van der Waals surface area contributed by atoms with Crippen LogP contribution in [0.5, 0.6) is 0 Å². The van der Waals surface area contributed by atoms with E-state index in [4.69, 9.17) is 0 Å². The fraction of sp³-hybridized carbons (Fsp3) is 0.125. The highest BCUT2D eigenvalue weighted by Gasteiger charge is 1.98. The second-order valence-corrected chi connectivity index (χ2v) is 4.60. The quantitative estimate of drug-likeness (QED) is 0.771. The van der Waals surface area contributed by atoms with Crippen LogP contribution in [0, 0.1) is 6.92 Å². The summed E-state index contributed by atoms with van der Waals surface area (Å²) in [6.07, 6.45) is 3.74. The molecule has 0 amide bonds. The number of nitrogens with one attached hydrogen (secondary N) is 1. The molecule has 0 aliphatic rings. The molecule has 3 nitrogen and oxygen atoms in total. The Morgan fingerprint density at radius 3 is 2.74 bits per heavy atom. The lowest BCUT2D eigenvalue weighted by atomic mass is 10.2. The molecule has 3 rings (SSSR count). The van der Waals surface area contributed by atoms with E-state index in [0.717, 1.165) is 22.3 Å². The second-order valence-electron chi connectivity index (χ2n) is 4.60. The summed E-state index contributed by atoms with van der Waals surface area (Å²) in [4.78, 5) is 8.80. The van der Waals surface area contributed by atoms with Crippen LogP contribution in [0.1, 0.15) is 11.3 Å². The van der Waals surface area contributed by atoms with E-state index in [1.54, 1.807) is 0 Å². The first-order valence-electron chi connectivity index (χ1n) is 6.31. The summed E-state index contributed by atoms with van der Waals surface area (Å²) in [5.74, 6) is 0. The number of para-hydroxylation sites is 1. The first-order chi connectivity index (χ1) is 9.31. The maximum Gasteiger partial charge on any atom is 0.0703 e. The minimum atomic E-state index is 0.709. The molecule has 2 aromatic heterocycles. The van der Waals surface area contributed by atoms with Gasteiger partial charge < -0.3 is 5.32 Å². The molecule has 0 aliphatic heterocycles. The molecule has 3 heteroatoms. The molecular weight excluding hydrogens is 234 g/mol. The number of hydrogen-bond donors (Lipinski definition) is 1. The van der Waals surface area contributed by atoms with Gasteiger partial charge in [-0.1, -0.05) is 24.3 Å². The summed E-state index contributed by atoms with van der Waals surface area (Å²) in [6, 6.07) is 14.3. The zero-order valence-electron chi connectivity index (χ0n) is 10.8. The largest absolute Gasteiger partial charge is 0.378 e. The van der Waals surface area contributed by atoms with Crippen molar-refractivity contribution in [2.75, 3.05) is 5.32 Å². The zero-order chi connectivity index (χ0) is 13.1. The maximum absolute atomic E-state index is 4.42. The summed E-state index contributed by atoms with van der Waals surface area (Å²) in [5.41, 5.74) is 4.23. The van der Waals surface area contributed by atoms with Gasteiger partial charge in [-0.05, 0) is 30.7 Å². The summed E-state index contributed by atoms with van der Waals surface area (Å²) in [6.45, 7) is 2.75. The molecule has 0 fully saturated rings. The van der Waals surface area contributed by atoms with Gasteiger partial charge in [0.25, 0.3) is 0 Å². The normalized spacial score (nSPS) is 10.6. The van der Waals surface area contributed by atoms with Gasteiger partial charge in [-0.3, -0.25) is 9.97 Å². The van der Waals surface area contributed by atoms with Gasteiger partial charge in [-0.25, -0.2) is 0 Å². The predicted octanol–water partition coefficient (Wildman–Crippen LogP) is 3.55. The highest BCUT2D eigenvalue weighted by Crippen LogP contribution is 2.16. The summed E-state index contributed by atoms with van der Waals surface area (Å²) < 4.78 is 0. The Morgan fingerprint density at radius 1 is 1.00 bits per heavy atom. The lowest BCUT2D eigenvalue weighted by Gasteiger charge is -2.07. The standard InChI is InChI=1S/C16H15N3/c1-12-6-7-14(17-9-12)10-18-15-8-13-4-2-3-5-16(13)19-11-15/h2-9,11,18H,10H2,1H3. The van der Waals surface area contributed by atoms with Crippen molar-refractivity contribution in [3.63, 3.8) is 0 Å². The zero-order valence-corrected chi connectivity index (χ0v) is 10.8. The Kier molecular flexibility index (Phi) is 3.11. The van der Waals surface area contributed by atoms with Crippen LogP contribution in [-0.4, -0.2) is 9.97 Å². The molecule has 0 aliphatic carbocycles. The summed E-state index contributed by atoms with van der Waals surface area (Å²) in [7, 11) is 0. The van der Waals surface area contributed by atoms with Crippen molar-refractivity contribution in [2.45, 2.75) is 13.5 Å². The average Bonchev–Trinajstić information content (AvgIpc) is 2.46. The van der Waals surface area contributed by atoms with Gasteiger partial charge in [0.1, 0.15) is 0 Å². The van der Waals surface area contributed by atoms with Crippen molar-refractivity contribution in [2.24, 2.45) is 0 Å². The van der Waals surface area contributed by atoms with Crippen LogP contribution >= 0.6 is 0 Å². The fourth-order valence-electron chi connectivity index (χ4n) is 1.96. The smallest absolute Gasteiger partial charge is 0.0703 e. The maximum atomic E-state index is 4.42. The number of anilines is 1. The van der Waals surface area contributed by atoms with Gasteiger partial charge in [0.2, 0.25) is 0 Å². The van der Waals surface area contributed by atoms with E-state index in [9.17, 15) is 0 Å². The van der Waals surface area contributed by atoms with Crippen molar-refractivity contribution in [3.05, 3.63) is 66.1 Å². The van der Waals surface area contributed by atoms with Gasteiger partial charge >= 0.3 is 0 Å². The van der Waals surface area contributed by atoms with Crippen molar-refractivity contribution in [3.8, 4) is 0 Å². The van der Waals surface area contributed by atoms with Crippen LogP contribution in [0.25, 0.3) is 10.9 Å². The van der Waals surface area contributed by atoms with Crippen molar-refractivity contribution < 1.29 is 0 Å². The van der Waals surface area contributed by atoms with Crippen LogP contribution in [0.4, 0.5) is 5.69 Å². The van der Waals surface area contributed by atoms with Crippen LogP contribution in [-0.2, 0) is 6.54 Å². The van der Waals surface area contributed by atoms with E-state index in [-0.39, 0.29) is 0 Å². The Balaban J connectivity index is 1.76. The summed E-state index contributed by atoms with van der Waals surface area (Å²) in [5, 5.41) is 4.49. The highest BCUT2D eigenvalue weighted by atomic mass is 14.9. The Labute approximate surface area is 112 Å². The molecule has 0 atom stereocenters. The highest BCUT2D eigenvalue weighted by molar-refractivity contribution is 5.81. The summed E-state index contributed by atoms with van der Waals surface area (Å²) >= 11 is 0. The molecule has 3 aromatic rings. The number of aromatic nitrogens is 2. The molecule has 94 valence electrons. The van der Waals surface area contributed by atoms with E-state index in [1.165, 1.54) is 5.56 Å². The van der Waals surface area contributed by atoms with E-state index in [1.807, 2.05) is 43.6 Å². The third-order valence-electron chi connectivity index (χ3n) is 3.04. The molecule has 1 N–H and O–H groups in total. The number of nitrogens with zero attached hydrogens (tertiary/aromatic N) is 2. The van der Waals surface area contributed by atoms with Gasteiger partial charge in [-0.15, -0.1) is 0 Å². The first-order valence-corrected chi connectivity index (χ1v) is 6.31. The Bertz CT molecular complexity index is 690. The minimum Gasteiger partial charge on any atom is -0.378 e. The van der Waals surface area contributed by atoms with Gasteiger partial charge in [0.15, 0.2) is 0 Å². The van der Waals surface area contributed by atoms with Crippen LogP contribution in [0.15, 0.2) is 54.9 Å². The molecule has 0 radical (unpaired) electrons. The topological polar surface area (TPSA) is 37.8 Å². The van der Waals surface area contributed by atoms with E-state index >= 15 is 0 Å². The second kappa shape index (κ2) is 5.06. The molecule has 0 spiro atoms. The van der Waals surface area contributed by atoms with Crippen LogP contribution in [0.2, 0.25) is 0 Å².